The van der Waals surface area contributed by atoms with Gasteiger partial charge in [0, 0.05) is 6.20 Å². The summed E-state index contributed by atoms with van der Waals surface area (Å²) in [5.74, 6) is 0.342. The van der Waals surface area contributed by atoms with Crippen LogP contribution in [0.3, 0.4) is 0 Å². The molecule has 2 aromatic heterocycles. The van der Waals surface area contributed by atoms with Crippen LogP contribution in [0, 0.1) is 0 Å². The van der Waals surface area contributed by atoms with Crippen LogP contribution in [0.1, 0.15) is 5.56 Å². The molecular formula is C10H8ClF3N4S. The first-order chi connectivity index (χ1) is 8.84. The third kappa shape index (κ3) is 2.64. The zero-order valence-electron chi connectivity index (χ0n) is 9.57. The Morgan fingerprint density at radius 2 is 2.05 bits per heavy atom. The first-order valence-corrected chi connectivity index (χ1v) is 6.55. The molecule has 0 saturated carbocycles. The van der Waals surface area contributed by atoms with Crippen LogP contribution in [0.25, 0.3) is 5.82 Å². The summed E-state index contributed by atoms with van der Waals surface area (Å²) in [4.78, 5) is 4.38. The Balaban J connectivity index is 2.49. The van der Waals surface area contributed by atoms with Crippen molar-refractivity contribution in [1.29, 1.82) is 0 Å². The molecule has 2 rings (SSSR count). The van der Waals surface area contributed by atoms with E-state index in [-0.39, 0.29) is 16.7 Å². The van der Waals surface area contributed by atoms with Crippen molar-refractivity contribution in [1.82, 2.24) is 14.8 Å². The largest absolute Gasteiger partial charge is 0.417 e. The topological polar surface area (TPSA) is 56.7 Å². The molecule has 2 heterocycles. The van der Waals surface area contributed by atoms with Crippen LogP contribution in [0.5, 0.6) is 0 Å². The van der Waals surface area contributed by atoms with Crippen LogP contribution in [-0.4, -0.2) is 21.0 Å². The minimum atomic E-state index is -4.49. The number of thioether (sulfide) groups is 1. The number of hydrogen-bond acceptors (Lipinski definition) is 4. The predicted molar refractivity (Wildman–Crippen MR) is 67.6 cm³/mol. The van der Waals surface area contributed by atoms with Crippen molar-refractivity contribution < 1.29 is 13.2 Å². The number of rotatable bonds is 2. The van der Waals surface area contributed by atoms with Crippen molar-refractivity contribution >= 4 is 29.2 Å². The lowest BCUT2D eigenvalue weighted by molar-refractivity contribution is -0.137. The maximum atomic E-state index is 12.5. The van der Waals surface area contributed by atoms with Gasteiger partial charge in [0.05, 0.1) is 21.7 Å². The van der Waals surface area contributed by atoms with E-state index >= 15 is 0 Å². The van der Waals surface area contributed by atoms with Crippen LogP contribution >= 0.6 is 23.4 Å². The van der Waals surface area contributed by atoms with Gasteiger partial charge in [0.1, 0.15) is 5.82 Å². The summed E-state index contributed by atoms with van der Waals surface area (Å²) in [6.45, 7) is 0. The number of aromatic nitrogens is 3. The summed E-state index contributed by atoms with van der Waals surface area (Å²) in [6.07, 6.45) is -0.495. The average Bonchev–Trinajstić information content (AvgIpc) is 2.69. The molecular weight excluding hydrogens is 301 g/mol. The van der Waals surface area contributed by atoms with Crippen LogP contribution in [0.15, 0.2) is 23.4 Å². The summed E-state index contributed by atoms with van der Waals surface area (Å²) < 4.78 is 38.7. The molecule has 0 aliphatic carbocycles. The van der Waals surface area contributed by atoms with Gasteiger partial charge in [0.2, 0.25) is 0 Å². The van der Waals surface area contributed by atoms with Crippen molar-refractivity contribution in [2.24, 2.45) is 0 Å². The Bertz CT molecular complexity index is 611. The number of halogens is 4. The zero-order chi connectivity index (χ0) is 14.2. The van der Waals surface area contributed by atoms with E-state index in [1.807, 2.05) is 0 Å². The Hall–Kier alpha value is -1.41. The fourth-order valence-corrected chi connectivity index (χ4v) is 2.11. The second-order valence-electron chi connectivity index (χ2n) is 3.54. The first kappa shape index (κ1) is 14.0. The summed E-state index contributed by atoms with van der Waals surface area (Å²) in [5.41, 5.74) is 4.88. The van der Waals surface area contributed by atoms with E-state index in [9.17, 15) is 13.2 Å². The lowest BCUT2D eigenvalue weighted by Gasteiger charge is -2.10. The maximum absolute atomic E-state index is 12.5. The number of hydrogen-bond donors (Lipinski definition) is 1. The number of pyridine rings is 1. The maximum Gasteiger partial charge on any atom is 0.417 e. The fourth-order valence-electron chi connectivity index (χ4n) is 1.41. The van der Waals surface area contributed by atoms with Crippen molar-refractivity contribution in [3.05, 3.63) is 29.0 Å². The molecule has 0 fully saturated rings. The highest BCUT2D eigenvalue weighted by Gasteiger charge is 2.32. The van der Waals surface area contributed by atoms with Gasteiger partial charge < -0.3 is 5.73 Å². The van der Waals surface area contributed by atoms with E-state index in [0.717, 1.165) is 6.07 Å². The monoisotopic (exact) mass is 308 g/mol. The molecule has 9 heteroatoms. The van der Waals surface area contributed by atoms with E-state index in [2.05, 4.69) is 10.1 Å². The first-order valence-electron chi connectivity index (χ1n) is 4.95. The van der Waals surface area contributed by atoms with Gasteiger partial charge >= 0.3 is 6.18 Å². The highest BCUT2D eigenvalue weighted by atomic mass is 35.5. The van der Waals surface area contributed by atoms with Gasteiger partial charge in [-0.3, -0.25) is 0 Å². The SMILES string of the molecule is CSc1cnn(-c2ncc(C(F)(F)F)cc2Cl)c1N. The molecule has 0 aromatic carbocycles. The van der Waals surface area contributed by atoms with E-state index in [4.69, 9.17) is 17.3 Å². The third-order valence-electron chi connectivity index (χ3n) is 2.34. The lowest BCUT2D eigenvalue weighted by Crippen LogP contribution is -2.09. The number of anilines is 1. The minimum Gasteiger partial charge on any atom is -0.383 e. The minimum absolute atomic E-state index is 0.0625. The number of nitrogens with zero attached hydrogens (tertiary/aromatic N) is 3. The third-order valence-corrected chi connectivity index (χ3v) is 3.37. The number of alkyl halides is 3. The molecule has 19 heavy (non-hydrogen) atoms. The van der Waals surface area contributed by atoms with Gasteiger partial charge in [0.15, 0.2) is 5.82 Å². The van der Waals surface area contributed by atoms with E-state index in [0.29, 0.717) is 11.1 Å². The molecule has 0 bridgehead atoms. The van der Waals surface area contributed by atoms with Gasteiger partial charge in [-0.05, 0) is 12.3 Å². The van der Waals surface area contributed by atoms with Crippen LogP contribution < -0.4 is 5.73 Å². The molecule has 0 aliphatic heterocycles. The predicted octanol–water partition coefficient (Wildman–Crippen LogP) is 3.24. The molecule has 0 saturated heterocycles. The molecule has 0 aliphatic rings. The normalized spacial score (nSPS) is 11.8. The summed E-state index contributed by atoms with van der Waals surface area (Å²) in [7, 11) is 0. The standard InChI is InChI=1S/C10H8ClF3N4S/c1-19-7-4-17-18(8(7)15)9-6(11)2-5(3-16-9)10(12,13)14/h2-4H,15H2,1H3. The smallest absolute Gasteiger partial charge is 0.383 e. The molecule has 102 valence electrons. The van der Waals surface area contributed by atoms with Crippen molar-refractivity contribution in [3.8, 4) is 5.82 Å². The second-order valence-corrected chi connectivity index (χ2v) is 4.79. The molecule has 4 nitrogen and oxygen atoms in total. The van der Waals surface area contributed by atoms with Gasteiger partial charge in [-0.2, -0.15) is 23.0 Å². The molecule has 0 unspecified atom stereocenters. The lowest BCUT2D eigenvalue weighted by atomic mass is 10.3. The van der Waals surface area contributed by atoms with E-state index < -0.39 is 11.7 Å². The Kier molecular flexibility index (Phi) is 3.64. The molecule has 0 atom stereocenters. The second kappa shape index (κ2) is 4.93. The Morgan fingerprint density at radius 1 is 1.37 bits per heavy atom. The van der Waals surface area contributed by atoms with Gasteiger partial charge in [-0.25, -0.2) is 4.98 Å². The molecule has 2 N–H and O–H groups in total. The summed E-state index contributed by atoms with van der Waals surface area (Å²) >= 11 is 7.17. The Labute approximate surface area is 115 Å². The van der Waals surface area contributed by atoms with Gasteiger partial charge in [-0.1, -0.05) is 11.6 Å². The zero-order valence-corrected chi connectivity index (χ0v) is 11.1. The molecule has 0 spiro atoms. The van der Waals surface area contributed by atoms with Crippen molar-refractivity contribution in [3.63, 3.8) is 0 Å². The van der Waals surface area contributed by atoms with Crippen LogP contribution in [-0.2, 0) is 6.18 Å². The van der Waals surface area contributed by atoms with E-state index in [1.54, 1.807) is 6.26 Å². The molecule has 2 aromatic rings. The van der Waals surface area contributed by atoms with Crippen LogP contribution in [0.2, 0.25) is 5.02 Å². The van der Waals surface area contributed by atoms with E-state index in [1.165, 1.54) is 22.6 Å². The van der Waals surface area contributed by atoms with Crippen LogP contribution in [0.4, 0.5) is 19.0 Å². The molecule has 0 radical (unpaired) electrons. The Morgan fingerprint density at radius 3 is 2.53 bits per heavy atom. The van der Waals surface area contributed by atoms with Crippen molar-refractivity contribution in [2.45, 2.75) is 11.1 Å². The highest BCUT2D eigenvalue weighted by molar-refractivity contribution is 7.98. The highest BCUT2D eigenvalue weighted by Crippen LogP contribution is 2.33. The number of nitrogens with two attached hydrogens (primary N) is 1. The average molecular weight is 309 g/mol. The number of nitrogen functional groups attached to an aromatic ring is 1. The summed E-state index contributed by atoms with van der Waals surface area (Å²) in [6, 6.07) is 0.795. The van der Waals surface area contributed by atoms with Gasteiger partial charge in [-0.15, -0.1) is 11.8 Å². The molecule has 0 amide bonds. The summed E-state index contributed by atoms with van der Waals surface area (Å²) in [5, 5.41) is 3.78. The quantitative estimate of drug-likeness (QED) is 0.865. The van der Waals surface area contributed by atoms with Crippen molar-refractivity contribution in [2.75, 3.05) is 12.0 Å². The van der Waals surface area contributed by atoms with Gasteiger partial charge in [0.25, 0.3) is 0 Å². The fraction of sp³-hybridized carbons (Fsp3) is 0.200.